The molecule has 0 aliphatic carbocycles. The van der Waals surface area contributed by atoms with Crippen molar-refractivity contribution in [2.75, 3.05) is 19.6 Å². The highest BCUT2D eigenvalue weighted by Gasteiger charge is 2.16. The number of carbonyl (C=O) groups excluding carboxylic acids is 1. The molecule has 1 rings (SSSR count). The number of hydrogen-bond donors (Lipinski definition) is 2. The summed E-state index contributed by atoms with van der Waals surface area (Å²) in [6, 6.07) is 0. The highest BCUT2D eigenvalue weighted by Crippen LogP contribution is 2.04. The minimum absolute atomic E-state index is 0.198. The Morgan fingerprint density at radius 3 is 2.67 bits per heavy atom. The Bertz CT molecular complexity index is 193. The van der Waals surface area contributed by atoms with Gasteiger partial charge in [-0.1, -0.05) is 5.16 Å². The van der Waals surface area contributed by atoms with Crippen molar-refractivity contribution in [3.05, 3.63) is 0 Å². The second-order valence-corrected chi connectivity index (χ2v) is 2.91. The Kier molecular flexibility index (Phi) is 3.04. The summed E-state index contributed by atoms with van der Waals surface area (Å²) in [5.74, 6) is 0.495. The van der Waals surface area contributed by atoms with Crippen molar-refractivity contribution in [2.24, 2.45) is 10.9 Å². The van der Waals surface area contributed by atoms with Gasteiger partial charge < -0.3 is 10.9 Å². The number of carbonyl (C=O) groups is 1. The van der Waals surface area contributed by atoms with Crippen LogP contribution in [-0.2, 0) is 4.79 Å². The Morgan fingerprint density at radius 1 is 1.58 bits per heavy atom. The van der Waals surface area contributed by atoms with E-state index in [0.717, 1.165) is 13.1 Å². The third-order valence-electron chi connectivity index (χ3n) is 1.93. The number of nitrogens with zero attached hydrogens (tertiary/aromatic N) is 2. The van der Waals surface area contributed by atoms with Crippen LogP contribution in [0.3, 0.4) is 0 Å². The molecule has 5 heteroatoms. The van der Waals surface area contributed by atoms with Crippen LogP contribution in [-0.4, -0.2) is 41.4 Å². The van der Waals surface area contributed by atoms with E-state index in [1.165, 1.54) is 0 Å². The molecule has 68 valence electrons. The van der Waals surface area contributed by atoms with E-state index in [9.17, 15) is 4.79 Å². The van der Waals surface area contributed by atoms with Crippen LogP contribution in [0, 0.1) is 0 Å². The molecule has 0 spiro atoms. The average molecular weight is 171 g/mol. The van der Waals surface area contributed by atoms with Gasteiger partial charge in [-0.15, -0.1) is 0 Å². The molecule has 12 heavy (non-hydrogen) atoms. The molecule has 1 heterocycles. The smallest absolute Gasteiger partial charge is 0.153 e. The number of amidine groups is 1. The molecule has 1 saturated heterocycles. The zero-order chi connectivity index (χ0) is 8.97. The molecule has 1 aliphatic rings. The van der Waals surface area contributed by atoms with Crippen LogP contribution in [0.2, 0.25) is 0 Å². The van der Waals surface area contributed by atoms with Gasteiger partial charge in [0.15, 0.2) is 5.84 Å². The Labute approximate surface area is 70.8 Å². The van der Waals surface area contributed by atoms with E-state index in [-0.39, 0.29) is 5.84 Å². The van der Waals surface area contributed by atoms with E-state index in [0.29, 0.717) is 25.2 Å². The van der Waals surface area contributed by atoms with Gasteiger partial charge in [0.25, 0.3) is 0 Å². The summed E-state index contributed by atoms with van der Waals surface area (Å²) in [5.41, 5.74) is 5.31. The van der Waals surface area contributed by atoms with Gasteiger partial charge in [-0.3, -0.25) is 9.69 Å². The van der Waals surface area contributed by atoms with Gasteiger partial charge in [-0.2, -0.15) is 0 Å². The summed E-state index contributed by atoms with van der Waals surface area (Å²) in [6.07, 6.45) is 1.16. The van der Waals surface area contributed by atoms with Gasteiger partial charge in [-0.05, 0) is 0 Å². The Morgan fingerprint density at radius 2 is 2.17 bits per heavy atom. The first-order valence-electron chi connectivity index (χ1n) is 3.93. The van der Waals surface area contributed by atoms with Crippen molar-refractivity contribution >= 4 is 11.6 Å². The fourth-order valence-electron chi connectivity index (χ4n) is 1.22. The van der Waals surface area contributed by atoms with E-state index in [1.807, 2.05) is 4.90 Å². The molecule has 0 aromatic rings. The van der Waals surface area contributed by atoms with E-state index in [1.54, 1.807) is 0 Å². The van der Waals surface area contributed by atoms with Gasteiger partial charge in [-0.25, -0.2) is 0 Å². The first-order valence-corrected chi connectivity index (χ1v) is 3.93. The van der Waals surface area contributed by atoms with Crippen LogP contribution in [0.25, 0.3) is 0 Å². The highest BCUT2D eigenvalue weighted by atomic mass is 16.4. The predicted molar refractivity (Wildman–Crippen MR) is 44.1 cm³/mol. The maximum Gasteiger partial charge on any atom is 0.153 e. The Hall–Kier alpha value is -1.10. The lowest BCUT2D eigenvalue weighted by Gasteiger charge is -2.24. The number of likely N-dealkylation sites (tertiary alicyclic amines) is 1. The van der Waals surface area contributed by atoms with Gasteiger partial charge in [0, 0.05) is 25.9 Å². The number of oxime groups is 1. The molecule has 0 atom stereocenters. The number of Topliss-reactive ketones (excluding diaryl/α,β-unsaturated/α-hetero) is 1. The maximum atomic E-state index is 10.8. The number of ketones is 1. The lowest BCUT2D eigenvalue weighted by molar-refractivity contribution is -0.121. The average Bonchev–Trinajstić information content (AvgIpc) is 2.09. The topological polar surface area (TPSA) is 78.9 Å². The van der Waals surface area contributed by atoms with E-state index >= 15 is 0 Å². The molecular formula is C7H13N3O2. The molecule has 0 saturated carbocycles. The molecule has 0 aromatic carbocycles. The Balaban J connectivity index is 2.31. The molecular weight excluding hydrogens is 158 g/mol. The zero-order valence-corrected chi connectivity index (χ0v) is 6.86. The summed E-state index contributed by atoms with van der Waals surface area (Å²) in [7, 11) is 0. The molecule has 0 radical (unpaired) electrons. The fourth-order valence-corrected chi connectivity index (χ4v) is 1.22. The molecule has 0 bridgehead atoms. The summed E-state index contributed by atoms with van der Waals surface area (Å²) in [4.78, 5) is 12.8. The van der Waals surface area contributed by atoms with E-state index < -0.39 is 0 Å². The SMILES string of the molecule is N/C(CN1CCC(=O)CC1)=N\O. The maximum absolute atomic E-state index is 10.8. The predicted octanol–water partition coefficient (Wildman–Crippen LogP) is -0.602. The monoisotopic (exact) mass is 171 g/mol. The second kappa shape index (κ2) is 4.06. The minimum atomic E-state index is 0.198. The molecule has 0 amide bonds. The summed E-state index contributed by atoms with van der Waals surface area (Å²) in [5, 5.41) is 11.2. The van der Waals surface area contributed by atoms with E-state index in [2.05, 4.69) is 5.16 Å². The number of nitrogens with two attached hydrogens (primary N) is 1. The molecule has 1 aliphatic heterocycles. The van der Waals surface area contributed by atoms with Crippen molar-refractivity contribution in [3.63, 3.8) is 0 Å². The van der Waals surface area contributed by atoms with Crippen LogP contribution in [0.4, 0.5) is 0 Å². The van der Waals surface area contributed by atoms with Crippen LogP contribution < -0.4 is 5.73 Å². The van der Waals surface area contributed by atoms with Crippen LogP contribution in [0.5, 0.6) is 0 Å². The number of hydrogen-bond acceptors (Lipinski definition) is 4. The quantitative estimate of drug-likeness (QED) is 0.251. The van der Waals surface area contributed by atoms with Gasteiger partial charge >= 0.3 is 0 Å². The minimum Gasteiger partial charge on any atom is -0.409 e. The lowest BCUT2D eigenvalue weighted by atomic mass is 10.1. The first-order chi connectivity index (χ1) is 5.72. The lowest BCUT2D eigenvalue weighted by Crippen LogP contribution is -2.39. The second-order valence-electron chi connectivity index (χ2n) is 2.91. The van der Waals surface area contributed by atoms with Crippen LogP contribution >= 0.6 is 0 Å². The standard InChI is InChI=1S/C7H13N3O2/c8-7(9-12)5-10-3-1-6(11)2-4-10/h12H,1-5H2,(H2,8,9). The number of piperidine rings is 1. The molecule has 5 nitrogen and oxygen atoms in total. The van der Waals surface area contributed by atoms with Gasteiger partial charge in [0.05, 0.1) is 6.54 Å². The molecule has 0 unspecified atom stereocenters. The van der Waals surface area contributed by atoms with Crippen LogP contribution in [0.15, 0.2) is 5.16 Å². The van der Waals surface area contributed by atoms with Crippen molar-refractivity contribution in [2.45, 2.75) is 12.8 Å². The third-order valence-corrected chi connectivity index (χ3v) is 1.93. The van der Waals surface area contributed by atoms with Gasteiger partial charge in [0.2, 0.25) is 0 Å². The van der Waals surface area contributed by atoms with Crippen molar-refractivity contribution in [3.8, 4) is 0 Å². The van der Waals surface area contributed by atoms with Crippen molar-refractivity contribution < 1.29 is 10.0 Å². The van der Waals surface area contributed by atoms with Crippen LogP contribution in [0.1, 0.15) is 12.8 Å². The largest absolute Gasteiger partial charge is 0.409 e. The summed E-state index contributed by atoms with van der Waals surface area (Å²) < 4.78 is 0. The van der Waals surface area contributed by atoms with E-state index in [4.69, 9.17) is 10.9 Å². The normalized spacial score (nSPS) is 21.3. The van der Waals surface area contributed by atoms with Crippen molar-refractivity contribution in [1.29, 1.82) is 0 Å². The summed E-state index contributed by atoms with van der Waals surface area (Å²) >= 11 is 0. The third kappa shape index (κ3) is 2.50. The number of rotatable bonds is 2. The zero-order valence-electron chi connectivity index (χ0n) is 6.86. The first kappa shape index (κ1) is 8.99. The highest BCUT2D eigenvalue weighted by molar-refractivity contribution is 5.82. The molecule has 3 N–H and O–H groups in total. The van der Waals surface area contributed by atoms with Crippen molar-refractivity contribution in [1.82, 2.24) is 4.90 Å². The molecule has 1 fully saturated rings. The van der Waals surface area contributed by atoms with Gasteiger partial charge in [0.1, 0.15) is 5.78 Å². The molecule has 0 aromatic heterocycles. The summed E-state index contributed by atoms with van der Waals surface area (Å²) in [6.45, 7) is 1.88. The fraction of sp³-hybridized carbons (Fsp3) is 0.714.